The van der Waals surface area contributed by atoms with E-state index in [1.807, 2.05) is 28.2 Å². The number of likely N-dealkylation sites (tertiary alicyclic amines) is 2. The molecule has 5 nitrogen and oxygen atoms in total. The molecular weight excluding hydrogens is 324 g/mol. The largest absolute Gasteiger partial charge is 0.383 e. The molecule has 6 heteroatoms. The van der Waals surface area contributed by atoms with E-state index >= 15 is 0 Å². The van der Waals surface area contributed by atoms with E-state index in [-0.39, 0.29) is 17.2 Å². The summed E-state index contributed by atoms with van der Waals surface area (Å²) in [5.41, 5.74) is 0.558. The molecule has 3 rings (SSSR count). The van der Waals surface area contributed by atoms with E-state index in [0.717, 1.165) is 49.2 Å². The topological polar surface area (TPSA) is 49.9 Å². The minimum atomic E-state index is -0.257. The fraction of sp³-hybridized carbons (Fsp3) is 0.667. The molecule has 0 aromatic carbocycles. The highest BCUT2D eigenvalue weighted by Gasteiger charge is 2.47. The number of thiophene rings is 1. The van der Waals surface area contributed by atoms with Gasteiger partial charge in [-0.15, -0.1) is 11.3 Å². The molecular formula is C18H26N2O3S. The number of hydrogen-bond acceptors (Lipinski definition) is 4. The fourth-order valence-electron chi connectivity index (χ4n) is 3.95. The number of rotatable bonds is 4. The van der Waals surface area contributed by atoms with Gasteiger partial charge in [-0.1, -0.05) is 0 Å². The average Bonchev–Trinajstić information content (AvgIpc) is 3.04. The van der Waals surface area contributed by atoms with Crippen LogP contribution in [0.25, 0.3) is 0 Å². The Balaban J connectivity index is 1.66. The highest BCUT2D eigenvalue weighted by molar-refractivity contribution is 7.10. The first-order valence-corrected chi connectivity index (χ1v) is 9.57. The Kier molecular flexibility index (Phi) is 5.25. The molecule has 3 heterocycles. The Hall–Kier alpha value is -1.40. The van der Waals surface area contributed by atoms with E-state index in [9.17, 15) is 9.59 Å². The molecule has 1 aromatic heterocycles. The van der Waals surface area contributed by atoms with E-state index < -0.39 is 0 Å². The predicted molar refractivity (Wildman–Crippen MR) is 94.3 cm³/mol. The first-order chi connectivity index (χ1) is 11.6. The summed E-state index contributed by atoms with van der Waals surface area (Å²) >= 11 is 1.61. The van der Waals surface area contributed by atoms with Gasteiger partial charge in [0.05, 0.1) is 17.6 Å². The van der Waals surface area contributed by atoms with Crippen LogP contribution in [-0.4, -0.2) is 61.5 Å². The Morgan fingerprint density at radius 1 is 1.29 bits per heavy atom. The summed E-state index contributed by atoms with van der Waals surface area (Å²) in [7, 11) is 1.66. The minimum Gasteiger partial charge on any atom is -0.383 e. The summed E-state index contributed by atoms with van der Waals surface area (Å²) in [4.78, 5) is 30.6. The quantitative estimate of drug-likeness (QED) is 0.838. The van der Waals surface area contributed by atoms with Crippen molar-refractivity contribution < 1.29 is 14.3 Å². The summed E-state index contributed by atoms with van der Waals surface area (Å²) in [6, 6.07) is 1.91. The highest BCUT2D eigenvalue weighted by atomic mass is 32.1. The van der Waals surface area contributed by atoms with Gasteiger partial charge in [-0.05, 0) is 44.1 Å². The SMILES string of the molecule is COCCN1CC[C@]2(CCCN(C(=O)c3ccsc3C)CC2)C1=O. The Bertz CT molecular complexity index is 615. The van der Waals surface area contributed by atoms with Crippen LogP contribution >= 0.6 is 11.3 Å². The van der Waals surface area contributed by atoms with Gasteiger partial charge in [0, 0.05) is 38.2 Å². The summed E-state index contributed by atoms with van der Waals surface area (Å²) in [6.45, 7) is 5.50. The summed E-state index contributed by atoms with van der Waals surface area (Å²) in [5.74, 6) is 0.382. The summed E-state index contributed by atoms with van der Waals surface area (Å²) < 4.78 is 5.11. The van der Waals surface area contributed by atoms with Gasteiger partial charge in [-0.2, -0.15) is 0 Å². The van der Waals surface area contributed by atoms with Crippen molar-refractivity contribution in [3.63, 3.8) is 0 Å². The van der Waals surface area contributed by atoms with Gasteiger partial charge >= 0.3 is 0 Å². The van der Waals surface area contributed by atoms with Gasteiger partial charge < -0.3 is 14.5 Å². The van der Waals surface area contributed by atoms with Crippen LogP contribution in [-0.2, 0) is 9.53 Å². The second kappa shape index (κ2) is 7.23. The maximum absolute atomic E-state index is 12.9. The molecule has 0 bridgehead atoms. The first kappa shape index (κ1) is 17.4. The molecule has 0 N–H and O–H groups in total. The van der Waals surface area contributed by atoms with Gasteiger partial charge in [0.25, 0.3) is 5.91 Å². The van der Waals surface area contributed by atoms with Crippen molar-refractivity contribution in [1.82, 2.24) is 9.80 Å². The van der Waals surface area contributed by atoms with E-state index in [4.69, 9.17) is 4.74 Å². The maximum Gasteiger partial charge on any atom is 0.254 e. The Labute approximate surface area is 147 Å². The summed E-state index contributed by atoms with van der Waals surface area (Å²) in [5, 5.41) is 1.97. The van der Waals surface area contributed by atoms with Gasteiger partial charge in [0.1, 0.15) is 0 Å². The molecule has 0 aliphatic carbocycles. The average molecular weight is 350 g/mol. The van der Waals surface area contributed by atoms with Crippen LogP contribution in [0.4, 0.5) is 0 Å². The number of methoxy groups -OCH3 is 1. The van der Waals surface area contributed by atoms with Crippen molar-refractivity contribution in [2.45, 2.75) is 32.6 Å². The lowest BCUT2D eigenvalue weighted by Gasteiger charge is -2.26. The van der Waals surface area contributed by atoms with Crippen molar-refractivity contribution in [2.24, 2.45) is 5.41 Å². The second-order valence-electron chi connectivity index (χ2n) is 6.85. The van der Waals surface area contributed by atoms with Crippen molar-refractivity contribution in [3.8, 4) is 0 Å². The van der Waals surface area contributed by atoms with Crippen LogP contribution in [0.2, 0.25) is 0 Å². The number of nitrogens with zero attached hydrogens (tertiary/aromatic N) is 2. The van der Waals surface area contributed by atoms with Crippen LogP contribution in [0.15, 0.2) is 11.4 Å². The number of ether oxygens (including phenoxy) is 1. The van der Waals surface area contributed by atoms with E-state index in [1.165, 1.54) is 0 Å². The monoisotopic (exact) mass is 350 g/mol. The Morgan fingerprint density at radius 3 is 2.79 bits per heavy atom. The molecule has 24 heavy (non-hydrogen) atoms. The predicted octanol–water partition coefficient (Wildman–Crippen LogP) is 2.55. The van der Waals surface area contributed by atoms with Crippen molar-refractivity contribution in [1.29, 1.82) is 0 Å². The van der Waals surface area contributed by atoms with Crippen LogP contribution in [0, 0.1) is 12.3 Å². The van der Waals surface area contributed by atoms with Crippen LogP contribution in [0.5, 0.6) is 0 Å². The standard InChI is InChI=1S/C18H26N2O3S/c1-14-15(4-13-24-14)16(21)19-8-3-5-18(6-9-19)7-10-20(17(18)22)11-12-23-2/h4,13H,3,5-12H2,1-2H3/t18-/m1/s1. The molecule has 2 amide bonds. The number of carbonyl (C=O) groups excluding carboxylic acids is 2. The molecule has 132 valence electrons. The zero-order valence-corrected chi connectivity index (χ0v) is 15.4. The van der Waals surface area contributed by atoms with Gasteiger partial charge in [-0.25, -0.2) is 0 Å². The van der Waals surface area contributed by atoms with Crippen LogP contribution < -0.4 is 0 Å². The molecule has 0 radical (unpaired) electrons. The van der Waals surface area contributed by atoms with E-state index in [2.05, 4.69) is 0 Å². The lowest BCUT2D eigenvalue weighted by molar-refractivity contribution is -0.137. The maximum atomic E-state index is 12.9. The van der Waals surface area contributed by atoms with Gasteiger partial charge in [0.2, 0.25) is 5.91 Å². The zero-order valence-electron chi connectivity index (χ0n) is 14.5. The summed E-state index contributed by atoms with van der Waals surface area (Å²) in [6.07, 6.45) is 3.49. The third-order valence-electron chi connectivity index (χ3n) is 5.49. The Morgan fingerprint density at radius 2 is 2.08 bits per heavy atom. The van der Waals surface area contributed by atoms with Crippen molar-refractivity contribution in [2.75, 3.05) is 39.9 Å². The molecule has 2 aliphatic heterocycles. The van der Waals surface area contributed by atoms with E-state index in [1.54, 1.807) is 18.4 Å². The molecule has 0 unspecified atom stereocenters. The number of hydrogen-bond donors (Lipinski definition) is 0. The number of aryl methyl sites for hydroxylation is 1. The van der Waals surface area contributed by atoms with E-state index in [0.29, 0.717) is 19.7 Å². The highest BCUT2D eigenvalue weighted by Crippen LogP contribution is 2.41. The zero-order chi connectivity index (χ0) is 17.2. The molecule has 2 aliphatic rings. The lowest BCUT2D eigenvalue weighted by Crippen LogP contribution is -2.37. The molecule has 1 spiro atoms. The molecule has 2 saturated heterocycles. The molecule has 0 saturated carbocycles. The van der Waals surface area contributed by atoms with Crippen molar-refractivity contribution >= 4 is 23.2 Å². The molecule has 2 fully saturated rings. The number of amides is 2. The first-order valence-electron chi connectivity index (χ1n) is 8.69. The fourth-order valence-corrected chi connectivity index (χ4v) is 4.64. The molecule has 1 aromatic rings. The van der Waals surface area contributed by atoms with Gasteiger partial charge in [-0.3, -0.25) is 9.59 Å². The molecule has 1 atom stereocenters. The third kappa shape index (κ3) is 3.22. The third-order valence-corrected chi connectivity index (χ3v) is 6.33. The van der Waals surface area contributed by atoms with Gasteiger partial charge in [0.15, 0.2) is 0 Å². The van der Waals surface area contributed by atoms with Crippen LogP contribution in [0.1, 0.15) is 40.9 Å². The normalized spacial score (nSPS) is 24.7. The van der Waals surface area contributed by atoms with Crippen molar-refractivity contribution in [3.05, 3.63) is 21.9 Å². The smallest absolute Gasteiger partial charge is 0.254 e. The minimum absolute atomic E-state index is 0.118. The number of carbonyl (C=O) groups is 2. The van der Waals surface area contributed by atoms with Crippen LogP contribution in [0.3, 0.4) is 0 Å². The lowest BCUT2D eigenvalue weighted by atomic mass is 9.79. The second-order valence-corrected chi connectivity index (χ2v) is 7.97.